The fourth-order valence-electron chi connectivity index (χ4n) is 2.03. The van der Waals surface area contributed by atoms with Crippen LogP contribution in [-0.4, -0.2) is 11.1 Å². The van der Waals surface area contributed by atoms with Crippen molar-refractivity contribution in [1.82, 2.24) is 5.32 Å². The van der Waals surface area contributed by atoms with Crippen LogP contribution in [0.1, 0.15) is 11.1 Å². The Kier molecular flexibility index (Phi) is 4.06. The normalized spacial score (nSPS) is 18.0. The van der Waals surface area contributed by atoms with Gasteiger partial charge in [-0.05, 0) is 54.1 Å². The molecule has 3 rings (SSSR count). The number of amidine groups is 1. The van der Waals surface area contributed by atoms with Gasteiger partial charge in [0.2, 0.25) is 0 Å². The largest absolute Gasteiger partial charge is 0.300 e. The molecule has 1 N–H and O–H groups in total. The number of hydrogen-bond acceptors (Lipinski definition) is 3. The molecule has 1 saturated heterocycles. The summed E-state index contributed by atoms with van der Waals surface area (Å²) in [4.78, 5) is 16.9. The Morgan fingerprint density at radius 3 is 2.77 bits per heavy atom. The molecule has 1 aliphatic rings. The van der Waals surface area contributed by atoms with Crippen molar-refractivity contribution in [3.05, 3.63) is 70.4 Å². The van der Waals surface area contributed by atoms with Gasteiger partial charge in [0.15, 0.2) is 5.17 Å². The quantitative estimate of drug-likeness (QED) is 0.851. The second-order valence-corrected chi connectivity index (χ2v) is 5.85. The van der Waals surface area contributed by atoms with E-state index in [1.807, 2.05) is 31.2 Å². The van der Waals surface area contributed by atoms with Crippen LogP contribution in [0.5, 0.6) is 0 Å². The third-order valence-corrected chi connectivity index (χ3v) is 4.04. The SMILES string of the molecule is Cc1ccccc1N=C1NC(=O)/C(=C/c2cccc(F)c2)S1. The Labute approximate surface area is 132 Å². The predicted octanol–water partition coefficient (Wildman–Crippen LogP) is 4.03. The first kappa shape index (κ1) is 14.5. The zero-order chi connectivity index (χ0) is 15.5. The number of aliphatic imine (C=N–C) groups is 1. The second kappa shape index (κ2) is 6.15. The van der Waals surface area contributed by atoms with Crippen molar-refractivity contribution in [1.29, 1.82) is 0 Å². The number of thioether (sulfide) groups is 1. The van der Waals surface area contributed by atoms with Gasteiger partial charge in [-0.15, -0.1) is 0 Å². The van der Waals surface area contributed by atoms with Gasteiger partial charge in [0.05, 0.1) is 10.6 Å². The van der Waals surface area contributed by atoms with Crippen LogP contribution < -0.4 is 5.32 Å². The van der Waals surface area contributed by atoms with E-state index in [4.69, 9.17) is 0 Å². The molecule has 0 spiro atoms. The highest BCUT2D eigenvalue weighted by molar-refractivity contribution is 8.18. The molecule has 2 aromatic rings. The van der Waals surface area contributed by atoms with E-state index in [0.29, 0.717) is 15.6 Å². The number of carbonyl (C=O) groups excluding carboxylic acids is 1. The van der Waals surface area contributed by atoms with Crippen molar-refractivity contribution in [2.24, 2.45) is 4.99 Å². The Morgan fingerprint density at radius 1 is 1.18 bits per heavy atom. The maximum Gasteiger partial charge on any atom is 0.264 e. The molecule has 5 heteroatoms. The summed E-state index contributed by atoms with van der Waals surface area (Å²) in [6.07, 6.45) is 1.66. The number of halogens is 1. The van der Waals surface area contributed by atoms with Gasteiger partial charge in [-0.25, -0.2) is 9.38 Å². The van der Waals surface area contributed by atoms with Gasteiger partial charge in [-0.3, -0.25) is 4.79 Å². The molecule has 3 nitrogen and oxygen atoms in total. The Balaban J connectivity index is 1.86. The first-order chi connectivity index (χ1) is 10.6. The van der Waals surface area contributed by atoms with Crippen LogP contribution in [0.15, 0.2) is 58.4 Å². The zero-order valence-electron chi connectivity index (χ0n) is 11.8. The summed E-state index contributed by atoms with van der Waals surface area (Å²) >= 11 is 1.25. The highest BCUT2D eigenvalue weighted by Crippen LogP contribution is 2.29. The van der Waals surface area contributed by atoms with Gasteiger partial charge >= 0.3 is 0 Å². The lowest BCUT2D eigenvalue weighted by molar-refractivity contribution is -0.115. The van der Waals surface area contributed by atoms with Gasteiger partial charge in [-0.1, -0.05) is 30.3 Å². The van der Waals surface area contributed by atoms with E-state index in [1.165, 1.54) is 23.9 Å². The molecule has 110 valence electrons. The Morgan fingerprint density at radius 2 is 2.00 bits per heavy atom. The van der Waals surface area contributed by atoms with Crippen LogP contribution in [-0.2, 0) is 4.79 Å². The summed E-state index contributed by atoms with van der Waals surface area (Å²) in [6.45, 7) is 1.96. The first-order valence-corrected chi connectivity index (χ1v) is 7.54. The molecule has 0 aliphatic carbocycles. The highest BCUT2D eigenvalue weighted by Gasteiger charge is 2.23. The van der Waals surface area contributed by atoms with Gasteiger partial charge in [0, 0.05) is 0 Å². The second-order valence-electron chi connectivity index (χ2n) is 4.82. The zero-order valence-corrected chi connectivity index (χ0v) is 12.7. The fourth-order valence-corrected chi connectivity index (χ4v) is 2.86. The minimum Gasteiger partial charge on any atom is -0.300 e. The number of nitrogens with one attached hydrogen (secondary N) is 1. The summed E-state index contributed by atoms with van der Waals surface area (Å²) < 4.78 is 13.2. The van der Waals surface area contributed by atoms with Gasteiger partial charge < -0.3 is 5.32 Å². The van der Waals surface area contributed by atoms with Crippen LogP contribution >= 0.6 is 11.8 Å². The lowest BCUT2D eigenvalue weighted by atomic mass is 10.2. The summed E-state index contributed by atoms with van der Waals surface area (Å²) in [5.74, 6) is -0.548. The lowest BCUT2D eigenvalue weighted by Crippen LogP contribution is -2.19. The third kappa shape index (κ3) is 3.26. The van der Waals surface area contributed by atoms with Crippen molar-refractivity contribution in [2.45, 2.75) is 6.92 Å². The van der Waals surface area contributed by atoms with E-state index in [1.54, 1.807) is 18.2 Å². The first-order valence-electron chi connectivity index (χ1n) is 6.72. The number of para-hydroxylation sites is 1. The smallest absolute Gasteiger partial charge is 0.264 e. The summed E-state index contributed by atoms with van der Waals surface area (Å²) in [5.41, 5.74) is 2.50. The number of amides is 1. The number of nitrogens with zero attached hydrogens (tertiary/aromatic N) is 1. The van der Waals surface area contributed by atoms with Crippen molar-refractivity contribution < 1.29 is 9.18 Å². The molecule has 1 heterocycles. The van der Waals surface area contributed by atoms with Crippen LogP contribution in [0.3, 0.4) is 0 Å². The maximum absolute atomic E-state index is 13.2. The summed E-state index contributed by atoms with van der Waals surface area (Å²) in [5, 5.41) is 3.26. The Bertz CT molecular complexity index is 799. The van der Waals surface area contributed by atoms with Crippen molar-refractivity contribution in [2.75, 3.05) is 0 Å². The molecule has 0 aromatic heterocycles. The molecular formula is C17H13FN2OS. The lowest BCUT2D eigenvalue weighted by Gasteiger charge is -1.99. The van der Waals surface area contributed by atoms with Crippen LogP contribution in [0.2, 0.25) is 0 Å². The highest BCUT2D eigenvalue weighted by atomic mass is 32.2. The molecule has 22 heavy (non-hydrogen) atoms. The van der Waals surface area contributed by atoms with Crippen molar-refractivity contribution >= 4 is 34.6 Å². The summed E-state index contributed by atoms with van der Waals surface area (Å²) in [6, 6.07) is 13.8. The summed E-state index contributed by atoms with van der Waals surface area (Å²) in [7, 11) is 0. The minimum absolute atomic E-state index is 0.221. The number of rotatable bonds is 2. The van der Waals surface area contributed by atoms with Gasteiger partial charge in [0.25, 0.3) is 5.91 Å². The van der Waals surface area contributed by atoms with Crippen LogP contribution in [0.25, 0.3) is 6.08 Å². The molecule has 1 aliphatic heterocycles. The molecule has 2 aromatic carbocycles. The van der Waals surface area contributed by atoms with E-state index < -0.39 is 0 Å². The van der Waals surface area contributed by atoms with E-state index >= 15 is 0 Å². The average Bonchev–Trinajstić information content (AvgIpc) is 2.81. The number of aryl methyl sites for hydroxylation is 1. The van der Waals surface area contributed by atoms with E-state index in [9.17, 15) is 9.18 Å². The standard InChI is InChI=1S/C17H13FN2OS/c1-11-5-2-3-8-14(11)19-17-20-16(21)15(22-17)10-12-6-4-7-13(18)9-12/h2-10H,1H3,(H,19,20,21)/b15-10-. The predicted molar refractivity (Wildman–Crippen MR) is 88.4 cm³/mol. The van der Waals surface area contributed by atoms with Crippen molar-refractivity contribution in [3.8, 4) is 0 Å². The molecular weight excluding hydrogens is 299 g/mol. The van der Waals surface area contributed by atoms with E-state index in [2.05, 4.69) is 10.3 Å². The van der Waals surface area contributed by atoms with Crippen molar-refractivity contribution in [3.63, 3.8) is 0 Å². The third-order valence-electron chi connectivity index (χ3n) is 3.13. The van der Waals surface area contributed by atoms with Gasteiger partial charge in [0.1, 0.15) is 5.82 Å². The van der Waals surface area contributed by atoms with Crippen LogP contribution in [0.4, 0.5) is 10.1 Å². The van der Waals surface area contributed by atoms with E-state index in [-0.39, 0.29) is 11.7 Å². The topological polar surface area (TPSA) is 41.5 Å². The molecule has 1 fully saturated rings. The molecule has 0 bridgehead atoms. The molecule has 1 amide bonds. The minimum atomic E-state index is -0.327. The van der Waals surface area contributed by atoms with Crippen LogP contribution in [0, 0.1) is 12.7 Å². The fraction of sp³-hybridized carbons (Fsp3) is 0.0588. The molecule has 0 saturated carbocycles. The average molecular weight is 312 g/mol. The number of hydrogen-bond donors (Lipinski definition) is 1. The maximum atomic E-state index is 13.2. The monoisotopic (exact) mass is 312 g/mol. The number of benzene rings is 2. The van der Waals surface area contributed by atoms with Gasteiger partial charge in [-0.2, -0.15) is 0 Å². The molecule has 0 radical (unpaired) electrons. The number of carbonyl (C=O) groups is 1. The molecule has 0 atom stereocenters. The van der Waals surface area contributed by atoms with E-state index in [0.717, 1.165) is 11.3 Å². The Hall–Kier alpha value is -2.40. The molecule has 0 unspecified atom stereocenters.